The van der Waals surface area contributed by atoms with E-state index in [0.717, 1.165) is 25.9 Å². The highest BCUT2D eigenvalue weighted by Gasteiger charge is 2.19. The van der Waals surface area contributed by atoms with Crippen LogP contribution in [-0.4, -0.2) is 48.3 Å². The zero-order valence-corrected chi connectivity index (χ0v) is 8.25. The number of hydrogen-bond acceptors (Lipinski definition) is 2. The fraction of sp³-hybridized carbons (Fsp3) is 0.778. The molecule has 0 aromatic carbocycles. The molecule has 4 nitrogen and oxygen atoms in total. The molecule has 1 aliphatic rings. The van der Waals surface area contributed by atoms with Gasteiger partial charge in [-0.3, -0.25) is 9.59 Å². The van der Waals surface area contributed by atoms with E-state index in [0.29, 0.717) is 0 Å². The third-order valence-corrected chi connectivity index (χ3v) is 2.37. The monoisotopic (exact) mass is 184 g/mol. The van der Waals surface area contributed by atoms with Crippen LogP contribution in [0.2, 0.25) is 0 Å². The molecule has 0 aromatic heterocycles. The number of hydrogen-bond donors (Lipinski definition) is 0. The molecule has 0 N–H and O–H groups in total. The van der Waals surface area contributed by atoms with Crippen molar-refractivity contribution in [1.29, 1.82) is 0 Å². The van der Waals surface area contributed by atoms with Gasteiger partial charge in [0.2, 0.25) is 11.8 Å². The van der Waals surface area contributed by atoms with Crippen LogP contribution in [0.4, 0.5) is 0 Å². The van der Waals surface area contributed by atoms with Crippen molar-refractivity contribution < 1.29 is 9.59 Å². The zero-order chi connectivity index (χ0) is 9.84. The third-order valence-electron chi connectivity index (χ3n) is 2.37. The summed E-state index contributed by atoms with van der Waals surface area (Å²) in [4.78, 5) is 25.6. The van der Waals surface area contributed by atoms with E-state index < -0.39 is 0 Å². The van der Waals surface area contributed by atoms with Crippen molar-refractivity contribution in [2.75, 3.05) is 26.7 Å². The first kappa shape index (κ1) is 10.0. The van der Waals surface area contributed by atoms with Gasteiger partial charge in [0.05, 0.1) is 6.54 Å². The molecule has 0 atom stereocenters. The summed E-state index contributed by atoms with van der Waals surface area (Å²) in [7, 11) is 1.65. The molecular weight excluding hydrogens is 168 g/mol. The minimum absolute atomic E-state index is 0.0625. The predicted octanol–water partition coefficient (Wildman–Crippen LogP) is 0.0871. The van der Waals surface area contributed by atoms with E-state index in [4.69, 9.17) is 0 Å². The Hall–Kier alpha value is -1.06. The molecule has 1 rings (SSSR count). The fourth-order valence-electron chi connectivity index (χ4n) is 1.38. The van der Waals surface area contributed by atoms with Crippen molar-refractivity contribution >= 4 is 11.8 Å². The summed E-state index contributed by atoms with van der Waals surface area (Å²) in [6.45, 7) is 3.39. The molecule has 0 aliphatic carbocycles. The molecule has 13 heavy (non-hydrogen) atoms. The molecule has 0 unspecified atom stereocenters. The van der Waals surface area contributed by atoms with Crippen molar-refractivity contribution in [3.05, 3.63) is 0 Å². The van der Waals surface area contributed by atoms with Crippen LogP contribution in [0.5, 0.6) is 0 Å². The number of carbonyl (C=O) groups is 2. The van der Waals surface area contributed by atoms with E-state index in [1.807, 2.05) is 4.90 Å². The highest BCUT2D eigenvalue weighted by Crippen LogP contribution is 2.07. The van der Waals surface area contributed by atoms with Crippen LogP contribution >= 0.6 is 0 Å². The first-order valence-electron chi connectivity index (χ1n) is 4.60. The Morgan fingerprint density at radius 2 is 1.85 bits per heavy atom. The molecule has 0 saturated carbocycles. The average molecular weight is 184 g/mol. The first-order valence-corrected chi connectivity index (χ1v) is 4.60. The molecule has 2 amide bonds. The van der Waals surface area contributed by atoms with Crippen LogP contribution in [0, 0.1) is 0 Å². The molecule has 0 bridgehead atoms. The maximum absolute atomic E-state index is 11.5. The summed E-state index contributed by atoms with van der Waals surface area (Å²) < 4.78 is 0. The highest BCUT2D eigenvalue weighted by molar-refractivity contribution is 5.83. The van der Waals surface area contributed by atoms with Gasteiger partial charge in [0.1, 0.15) is 0 Å². The normalized spacial score (nSPS) is 16.0. The number of rotatable bonds is 2. The average Bonchev–Trinajstić information content (AvgIpc) is 2.55. The Bertz CT molecular complexity index is 210. The Morgan fingerprint density at radius 3 is 2.31 bits per heavy atom. The molecule has 1 fully saturated rings. The minimum atomic E-state index is -0.0625. The van der Waals surface area contributed by atoms with Crippen molar-refractivity contribution in [2.24, 2.45) is 0 Å². The van der Waals surface area contributed by atoms with Gasteiger partial charge in [-0.15, -0.1) is 0 Å². The minimum Gasteiger partial charge on any atom is -0.341 e. The van der Waals surface area contributed by atoms with Crippen LogP contribution in [0.3, 0.4) is 0 Å². The van der Waals surface area contributed by atoms with E-state index in [9.17, 15) is 9.59 Å². The number of carbonyl (C=O) groups excluding carboxylic acids is 2. The lowest BCUT2D eigenvalue weighted by molar-refractivity contribution is -0.137. The lowest BCUT2D eigenvalue weighted by atomic mass is 10.4. The Labute approximate surface area is 78.5 Å². The largest absolute Gasteiger partial charge is 0.341 e. The quantitative estimate of drug-likeness (QED) is 0.610. The molecule has 1 saturated heterocycles. The van der Waals surface area contributed by atoms with Crippen molar-refractivity contribution in [1.82, 2.24) is 9.80 Å². The highest BCUT2D eigenvalue weighted by atomic mass is 16.2. The first-order chi connectivity index (χ1) is 6.11. The summed E-state index contributed by atoms with van der Waals surface area (Å²) in [6.07, 6.45) is 2.19. The number of likely N-dealkylation sites (N-methyl/N-ethyl adjacent to an activating group) is 1. The number of amides is 2. The Morgan fingerprint density at radius 1 is 1.31 bits per heavy atom. The van der Waals surface area contributed by atoms with Crippen molar-refractivity contribution in [2.45, 2.75) is 19.8 Å². The second-order valence-electron chi connectivity index (χ2n) is 3.46. The molecule has 0 aromatic rings. The molecule has 1 aliphatic heterocycles. The summed E-state index contributed by atoms with van der Waals surface area (Å²) in [5.41, 5.74) is 0. The van der Waals surface area contributed by atoms with Crippen LogP contribution in [0.1, 0.15) is 19.8 Å². The van der Waals surface area contributed by atoms with Gasteiger partial charge in [-0.1, -0.05) is 0 Å². The smallest absolute Gasteiger partial charge is 0.242 e. The lowest BCUT2D eigenvalue weighted by Gasteiger charge is -2.19. The molecular formula is C9H16N2O2. The van der Waals surface area contributed by atoms with E-state index in [-0.39, 0.29) is 18.4 Å². The summed E-state index contributed by atoms with van der Waals surface area (Å²) in [5, 5.41) is 0. The molecule has 4 heteroatoms. The van der Waals surface area contributed by atoms with E-state index in [2.05, 4.69) is 0 Å². The predicted molar refractivity (Wildman–Crippen MR) is 49.1 cm³/mol. The molecule has 0 radical (unpaired) electrons. The lowest BCUT2D eigenvalue weighted by Crippen LogP contribution is -2.38. The fourth-order valence-corrected chi connectivity index (χ4v) is 1.38. The van der Waals surface area contributed by atoms with Gasteiger partial charge in [-0.25, -0.2) is 0 Å². The zero-order valence-electron chi connectivity index (χ0n) is 8.25. The molecule has 0 spiro atoms. The van der Waals surface area contributed by atoms with Gasteiger partial charge < -0.3 is 9.80 Å². The molecule has 1 heterocycles. The van der Waals surface area contributed by atoms with Crippen molar-refractivity contribution in [3.8, 4) is 0 Å². The van der Waals surface area contributed by atoms with Crippen LogP contribution < -0.4 is 0 Å². The van der Waals surface area contributed by atoms with Gasteiger partial charge in [0.15, 0.2) is 0 Å². The number of nitrogens with zero attached hydrogens (tertiary/aromatic N) is 2. The van der Waals surface area contributed by atoms with Crippen LogP contribution in [-0.2, 0) is 9.59 Å². The Balaban J connectivity index is 2.35. The van der Waals surface area contributed by atoms with Gasteiger partial charge in [-0.05, 0) is 12.8 Å². The summed E-state index contributed by atoms with van der Waals surface area (Å²) >= 11 is 0. The van der Waals surface area contributed by atoms with Crippen LogP contribution in [0.25, 0.3) is 0 Å². The van der Waals surface area contributed by atoms with Gasteiger partial charge in [0, 0.05) is 27.1 Å². The van der Waals surface area contributed by atoms with Crippen molar-refractivity contribution in [3.63, 3.8) is 0 Å². The Kier molecular flexibility index (Phi) is 3.28. The van der Waals surface area contributed by atoms with E-state index >= 15 is 0 Å². The maximum atomic E-state index is 11.5. The summed E-state index contributed by atoms with van der Waals surface area (Å²) in [5.74, 6) is 0.00254. The van der Waals surface area contributed by atoms with Gasteiger partial charge in [0.25, 0.3) is 0 Å². The standard InChI is InChI=1S/C9H16N2O2/c1-8(12)10(2)7-9(13)11-5-3-4-6-11/h3-7H2,1-2H3. The van der Waals surface area contributed by atoms with E-state index in [1.165, 1.54) is 11.8 Å². The third kappa shape index (κ3) is 2.72. The second kappa shape index (κ2) is 4.25. The van der Waals surface area contributed by atoms with Gasteiger partial charge in [-0.2, -0.15) is 0 Å². The van der Waals surface area contributed by atoms with Crippen LogP contribution in [0.15, 0.2) is 0 Å². The van der Waals surface area contributed by atoms with Gasteiger partial charge >= 0.3 is 0 Å². The summed E-state index contributed by atoms with van der Waals surface area (Å²) in [6, 6.07) is 0. The molecule has 74 valence electrons. The topological polar surface area (TPSA) is 40.6 Å². The maximum Gasteiger partial charge on any atom is 0.242 e. The number of likely N-dealkylation sites (tertiary alicyclic amines) is 1. The van der Waals surface area contributed by atoms with E-state index in [1.54, 1.807) is 7.05 Å². The second-order valence-corrected chi connectivity index (χ2v) is 3.46. The SMILES string of the molecule is CC(=O)N(C)CC(=O)N1CCCC1.